The van der Waals surface area contributed by atoms with E-state index in [2.05, 4.69) is 5.18 Å². The minimum atomic E-state index is -0.797. The van der Waals surface area contributed by atoms with Crippen molar-refractivity contribution in [2.24, 2.45) is 5.18 Å². The van der Waals surface area contributed by atoms with Crippen molar-refractivity contribution in [3.8, 4) is 0 Å². The van der Waals surface area contributed by atoms with Crippen molar-refractivity contribution in [1.82, 2.24) is 0 Å². The molecule has 9 heavy (non-hydrogen) atoms. The fourth-order valence-electron chi connectivity index (χ4n) is 0.504. The minimum absolute atomic E-state index is 0.538. The normalized spacial score (nSPS) is 16.8. The third-order valence-electron chi connectivity index (χ3n) is 1.30. The molecule has 0 fully saturated rings. The Balaban J connectivity index is 3.76. The molecule has 0 heterocycles. The lowest BCUT2D eigenvalue weighted by atomic mass is 10.2. The molecule has 1 unspecified atom stereocenters. The largest absolute Gasteiger partial charge is 0.351 e. The van der Waals surface area contributed by atoms with E-state index in [0.29, 0.717) is 13.0 Å². The van der Waals surface area contributed by atoms with E-state index in [1.54, 1.807) is 6.92 Å². The molecule has 0 spiro atoms. The summed E-state index contributed by atoms with van der Waals surface area (Å²) in [5.74, 6) is 0. The maximum atomic E-state index is 10.1. The summed E-state index contributed by atoms with van der Waals surface area (Å²) in [6.07, 6.45) is 0.629. The molecule has 0 aliphatic heterocycles. The van der Waals surface area contributed by atoms with E-state index in [1.165, 1.54) is 0 Å². The summed E-state index contributed by atoms with van der Waals surface area (Å²) in [6, 6.07) is 0. The third-order valence-corrected chi connectivity index (χ3v) is 1.30. The van der Waals surface area contributed by atoms with Crippen LogP contribution in [0.15, 0.2) is 5.18 Å². The monoisotopic (exact) mass is 131 g/mol. The van der Waals surface area contributed by atoms with Gasteiger partial charge in [0.15, 0.2) is 5.72 Å². The van der Waals surface area contributed by atoms with Gasteiger partial charge in [-0.3, -0.25) is 0 Å². The first-order valence-corrected chi connectivity index (χ1v) is 3.17. The molecule has 1 atom stereocenters. The molecule has 0 aliphatic rings. The number of rotatable bonds is 4. The second-order valence-electron chi connectivity index (χ2n) is 2.05. The summed E-state index contributed by atoms with van der Waals surface area (Å²) >= 11 is 0. The fourth-order valence-corrected chi connectivity index (χ4v) is 0.504. The molecule has 0 saturated carbocycles. The SMILES string of the molecule is CCOC(C)(CC)N=O. The maximum Gasteiger partial charge on any atom is 0.196 e. The fraction of sp³-hybridized carbons (Fsp3) is 1.00. The molecule has 0 bridgehead atoms. The van der Waals surface area contributed by atoms with Crippen LogP contribution in [0.3, 0.4) is 0 Å². The van der Waals surface area contributed by atoms with E-state index >= 15 is 0 Å². The number of ether oxygens (including phenoxy) is 1. The first-order valence-electron chi connectivity index (χ1n) is 3.17. The Hall–Kier alpha value is -0.440. The highest BCUT2D eigenvalue weighted by Crippen LogP contribution is 2.15. The van der Waals surface area contributed by atoms with E-state index in [0.717, 1.165) is 0 Å². The molecular weight excluding hydrogens is 118 g/mol. The van der Waals surface area contributed by atoms with Crippen molar-refractivity contribution in [3.05, 3.63) is 4.91 Å². The van der Waals surface area contributed by atoms with Gasteiger partial charge in [0.1, 0.15) is 0 Å². The average molecular weight is 131 g/mol. The molecule has 0 aromatic carbocycles. The molecule has 0 N–H and O–H groups in total. The van der Waals surface area contributed by atoms with Crippen molar-refractivity contribution in [2.75, 3.05) is 6.61 Å². The number of hydrogen-bond acceptors (Lipinski definition) is 3. The van der Waals surface area contributed by atoms with Crippen LogP contribution in [0.1, 0.15) is 27.2 Å². The molecule has 0 rings (SSSR count). The summed E-state index contributed by atoms with van der Waals surface area (Å²) in [5.41, 5.74) is -0.797. The highest BCUT2D eigenvalue weighted by Gasteiger charge is 2.21. The summed E-state index contributed by atoms with van der Waals surface area (Å²) in [6.45, 7) is 5.94. The lowest BCUT2D eigenvalue weighted by molar-refractivity contribution is -0.0216. The van der Waals surface area contributed by atoms with Crippen molar-refractivity contribution < 1.29 is 4.74 Å². The van der Waals surface area contributed by atoms with E-state index in [1.807, 2.05) is 13.8 Å². The van der Waals surface area contributed by atoms with Crippen molar-refractivity contribution in [2.45, 2.75) is 32.9 Å². The summed E-state index contributed by atoms with van der Waals surface area (Å²) < 4.78 is 5.05. The predicted molar refractivity (Wildman–Crippen MR) is 36.1 cm³/mol. The van der Waals surface area contributed by atoms with Crippen LogP contribution >= 0.6 is 0 Å². The van der Waals surface area contributed by atoms with Crippen molar-refractivity contribution in [1.29, 1.82) is 0 Å². The predicted octanol–water partition coefficient (Wildman–Crippen LogP) is 1.92. The quantitative estimate of drug-likeness (QED) is 0.546. The summed E-state index contributed by atoms with van der Waals surface area (Å²) in [7, 11) is 0. The number of nitroso groups, excluding NO2 is 1. The van der Waals surface area contributed by atoms with E-state index in [9.17, 15) is 4.91 Å². The first-order chi connectivity index (χ1) is 4.18. The molecule has 0 aromatic heterocycles. The molecule has 0 amide bonds. The van der Waals surface area contributed by atoms with Gasteiger partial charge in [0, 0.05) is 6.61 Å². The van der Waals surface area contributed by atoms with Crippen LogP contribution in [0.2, 0.25) is 0 Å². The van der Waals surface area contributed by atoms with Crippen LogP contribution in [0.5, 0.6) is 0 Å². The molecule has 3 nitrogen and oxygen atoms in total. The standard InChI is InChI=1S/C6H13NO2/c1-4-6(3,7-8)9-5-2/h4-5H2,1-3H3. The lowest BCUT2D eigenvalue weighted by Gasteiger charge is -2.18. The Labute approximate surface area is 55.4 Å². The van der Waals surface area contributed by atoms with Gasteiger partial charge >= 0.3 is 0 Å². The highest BCUT2D eigenvalue weighted by atomic mass is 16.5. The van der Waals surface area contributed by atoms with Crippen LogP contribution in [0.4, 0.5) is 0 Å². The Morgan fingerprint density at radius 1 is 1.56 bits per heavy atom. The molecule has 0 aromatic rings. The molecule has 0 saturated heterocycles. The van der Waals surface area contributed by atoms with Crippen molar-refractivity contribution >= 4 is 0 Å². The van der Waals surface area contributed by atoms with Crippen LogP contribution in [0.25, 0.3) is 0 Å². The Morgan fingerprint density at radius 2 is 2.11 bits per heavy atom. The topological polar surface area (TPSA) is 38.7 Å². The van der Waals surface area contributed by atoms with Gasteiger partial charge in [-0.05, 0) is 25.4 Å². The van der Waals surface area contributed by atoms with Gasteiger partial charge < -0.3 is 4.74 Å². The van der Waals surface area contributed by atoms with Gasteiger partial charge in [0.25, 0.3) is 0 Å². The lowest BCUT2D eigenvalue weighted by Crippen LogP contribution is -2.23. The highest BCUT2D eigenvalue weighted by molar-refractivity contribution is 4.67. The molecule has 0 radical (unpaired) electrons. The second-order valence-corrected chi connectivity index (χ2v) is 2.05. The van der Waals surface area contributed by atoms with Gasteiger partial charge in [0.2, 0.25) is 0 Å². The van der Waals surface area contributed by atoms with Crippen molar-refractivity contribution in [3.63, 3.8) is 0 Å². The smallest absolute Gasteiger partial charge is 0.196 e. The average Bonchev–Trinajstić information content (AvgIpc) is 1.89. The first kappa shape index (κ1) is 8.56. The zero-order chi connectivity index (χ0) is 7.33. The summed E-state index contributed by atoms with van der Waals surface area (Å²) in [5, 5.41) is 2.86. The van der Waals surface area contributed by atoms with E-state index in [-0.39, 0.29) is 0 Å². The summed E-state index contributed by atoms with van der Waals surface area (Å²) in [4.78, 5) is 10.1. The third kappa shape index (κ3) is 2.56. The van der Waals surface area contributed by atoms with Crippen LogP contribution < -0.4 is 0 Å². The van der Waals surface area contributed by atoms with Gasteiger partial charge in [0.05, 0.1) is 0 Å². The maximum absolute atomic E-state index is 10.1. The van der Waals surface area contributed by atoms with Gasteiger partial charge in [-0.25, -0.2) is 0 Å². The van der Waals surface area contributed by atoms with Crippen LogP contribution in [0, 0.1) is 4.91 Å². The zero-order valence-electron chi connectivity index (χ0n) is 6.18. The minimum Gasteiger partial charge on any atom is -0.351 e. The number of hydrogen-bond donors (Lipinski definition) is 0. The Morgan fingerprint density at radius 3 is 2.22 bits per heavy atom. The number of nitrogens with zero attached hydrogens (tertiary/aromatic N) is 1. The van der Waals surface area contributed by atoms with Gasteiger partial charge in [-0.15, -0.1) is 4.91 Å². The van der Waals surface area contributed by atoms with Gasteiger partial charge in [-0.2, -0.15) is 0 Å². The van der Waals surface area contributed by atoms with Crippen LogP contribution in [-0.4, -0.2) is 12.3 Å². The second kappa shape index (κ2) is 3.56. The molecule has 54 valence electrons. The molecule has 0 aliphatic carbocycles. The van der Waals surface area contributed by atoms with E-state index < -0.39 is 5.72 Å². The van der Waals surface area contributed by atoms with E-state index in [4.69, 9.17) is 4.74 Å². The van der Waals surface area contributed by atoms with Crippen LogP contribution in [-0.2, 0) is 4.74 Å². The molecule has 3 heteroatoms. The molecular formula is C6H13NO2. The zero-order valence-corrected chi connectivity index (χ0v) is 6.18. The Kier molecular flexibility index (Phi) is 3.39. The van der Waals surface area contributed by atoms with Gasteiger partial charge in [-0.1, -0.05) is 6.92 Å². The Bertz CT molecular complexity index is 95.1.